The number of rotatable bonds is 3. The van der Waals surface area contributed by atoms with Gasteiger partial charge in [0.1, 0.15) is 6.10 Å². The molecule has 2 nitrogen and oxygen atoms in total. The number of hydrogen-bond acceptors (Lipinski definition) is 2. The number of aliphatic hydroxyl groups is 1. The highest BCUT2D eigenvalue weighted by Gasteiger charge is 2.43. The van der Waals surface area contributed by atoms with E-state index in [0.717, 1.165) is 12.8 Å². The quantitative estimate of drug-likeness (QED) is 0.690. The van der Waals surface area contributed by atoms with Gasteiger partial charge in [0.15, 0.2) is 0 Å². The van der Waals surface area contributed by atoms with E-state index in [9.17, 15) is 13.2 Å². The van der Waals surface area contributed by atoms with E-state index in [0.29, 0.717) is 0 Å². The largest absolute Gasteiger partial charge is 0.414 e. The second kappa shape index (κ2) is 2.88. The van der Waals surface area contributed by atoms with Gasteiger partial charge in [-0.25, -0.2) is 0 Å². The average Bonchev–Trinajstić information content (AvgIpc) is 2.62. The van der Waals surface area contributed by atoms with Crippen LogP contribution in [0.4, 0.5) is 13.2 Å². The summed E-state index contributed by atoms with van der Waals surface area (Å²) in [7, 11) is 0. The van der Waals surface area contributed by atoms with Crippen molar-refractivity contribution in [1.82, 2.24) is 0 Å². The molecule has 0 aliphatic heterocycles. The van der Waals surface area contributed by atoms with E-state index in [1.54, 1.807) is 0 Å². The molecule has 1 aliphatic rings. The van der Waals surface area contributed by atoms with E-state index >= 15 is 0 Å². The molecule has 0 saturated heterocycles. The van der Waals surface area contributed by atoms with E-state index in [4.69, 9.17) is 10.8 Å². The third kappa shape index (κ3) is 2.64. The van der Waals surface area contributed by atoms with Gasteiger partial charge in [-0.15, -0.1) is 0 Å². The van der Waals surface area contributed by atoms with Crippen molar-refractivity contribution in [2.75, 3.05) is 0 Å². The van der Waals surface area contributed by atoms with Crippen molar-refractivity contribution in [3.05, 3.63) is 0 Å². The van der Waals surface area contributed by atoms with E-state index in [2.05, 4.69) is 0 Å². The average molecular weight is 183 g/mol. The predicted octanol–water partition coefficient (Wildman–Crippen LogP) is 1.18. The number of alkyl halides is 3. The van der Waals surface area contributed by atoms with E-state index in [1.807, 2.05) is 0 Å². The van der Waals surface area contributed by atoms with Gasteiger partial charge in [-0.1, -0.05) is 0 Å². The third-order valence-corrected chi connectivity index (χ3v) is 2.19. The highest BCUT2D eigenvalue weighted by atomic mass is 19.4. The molecule has 0 aromatic carbocycles. The lowest BCUT2D eigenvalue weighted by Gasteiger charge is -2.16. The van der Waals surface area contributed by atoms with Gasteiger partial charge in [0, 0.05) is 5.54 Å². The smallest absolute Gasteiger partial charge is 0.384 e. The van der Waals surface area contributed by atoms with Crippen molar-refractivity contribution >= 4 is 0 Å². The Hall–Kier alpha value is -0.290. The van der Waals surface area contributed by atoms with Crippen LogP contribution in [0, 0.1) is 0 Å². The summed E-state index contributed by atoms with van der Waals surface area (Å²) in [5, 5.41) is 8.60. The van der Waals surface area contributed by atoms with Crippen LogP contribution in [-0.2, 0) is 0 Å². The molecule has 0 aromatic rings. The third-order valence-electron chi connectivity index (χ3n) is 2.19. The zero-order chi connectivity index (χ0) is 9.41. The number of nitrogens with two attached hydrogens (primary N) is 1. The molecular formula is C7H12F3NO. The molecule has 12 heavy (non-hydrogen) atoms. The van der Waals surface area contributed by atoms with Crippen molar-refractivity contribution in [3.63, 3.8) is 0 Å². The normalized spacial score (nSPS) is 23.8. The SMILES string of the molecule is NC1(CCC(O)C(F)(F)F)CC1. The number of hydrogen-bond donors (Lipinski definition) is 2. The minimum atomic E-state index is -4.49. The minimum absolute atomic E-state index is 0.258. The van der Waals surface area contributed by atoms with Crippen molar-refractivity contribution in [2.45, 2.75) is 43.5 Å². The second-order valence-electron chi connectivity index (χ2n) is 3.46. The van der Waals surface area contributed by atoms with Gasteiger partial charge in [0.2, 0.25) is 0 Å². The van der Waals surface area contributed by atoms with Crippen LogP contribution in [0.15, 0.2) is 0 Å². The summed E-state index contributed by atoms with van der Waals surface area (Å²) in [6, 6.07) is 0. The first kappa shape index (κ1) is 9.80. The molecular weight excluding hydrogens is 171 g/mol. The summed E-state index contributed by atoms with van der Waals surface area (Å²) in [6.07, 6.45) is -5.17. The first-order chi connectivity index (χ1) is 5.33. The molecule has 1 fully saturated rings. The summed E-state index contributed by atoms with van der Waals surface area (Å²) >= 11 is 0. The molecule has 1 rings (SSSR count). The summed E-state index contributed by atoms with van der Waals surface area (Å²) < 4.78 is 35.3. The zero-order valence-electron chi connectivity index (χ0n) is 6.56. The maximum atomic E-state index is 11.8. The Balaban J connectivity index is 2.23. The highest BCUT2D eigenvalue weighted by molar-refractivity contribution is 4.98. The fourth-order valence-corrected chi connectivity index (χ4v) is 0.998. The Kier molecular flexibility index (Phi) is 2.35. The van der Waals surface area contributed by atoms with Crippen molar-refractivity contribution in [2.24, 2.45) is 5.73 Å². The van der Waals surface area contributed by atoms with Crippen LogP contribution < -0.4 is 5.73 Å². The molecule has 1 atom stereocenters. The first-order valence-corrected chi connectivity index (χ1v) is 3.87. The van der Waals surface area contributed by atoms with Gasteiger partial charge in [0.25, 0.3) is 0 Å². The maximum Gasteiger partial charge on any atom is 0.414 e. The molecule has 1 unspecified atom stereocenters. The Labute approximate surface area is 68.6 Å². The molecule has 0 radical (unpaired) electrons. The van der Waals surface area contributed by atoms with Gasteiger partial charge in [-0.3, -0.25) is 0 Å². The minimum Gasteiger partial charge on any atom is -0.384 e. The van der Waals surface area contributed by atoms with Crippen LogP contribution in [0.3, 0.4) is 0 Å². The zero-order valence-corrected chi connectivity index (χ0v) is 6.56. The first-order valence-electron chi connectivity index (χ1n) is 3.87. The van der Waals surface area contributed by atoms with E-state index in [-0.39, 0.29) is 12.8 Å². The lowest BCUT2D eigenvalue weighted by atomic mass is 10.1. The van der Waals surface area contributed by atoms with Crippen LogP contribution in [0.5, 0.6) is 0 Å². The van der Waals surface area contributed by atoms with Crippen LogP contribution in [0.1, 0.15) is 25.7 Å². The Morgan fingerprint density at radius 3 is 2.25 bits per heavy atom. The molecule has 72 valence electrons. The standard InChI is InChI=1S/C7H12F3NO/c8-7(9,10)5(12)1-2-6(11)3-4-6/h5,12H,1-4,11H2. The molecule has 0 bridgehead atoms. The van der Waals surface area contributed by atoms with Gasteiger partial charge < -0.3 is 10.8 Å². The van der Waals surface area contributed by atoms with Crippen molar-refractivity contribution < 1.29 is 18.3 Å². The summed E-state index contributed by atoms with van der Waals surface area (Å²) in [5.74, 6) is 0. The van der Waals surface area contributed by atoms with E-state index in [1.165, 1.54) is 0 Å². The summed E-state index contributed by atoms with van der Waals surface area (Å²) in [6.45, 7) is 0. The van der Waals surface area contributed by atoms with Gasteiger partial charge in [-0.2, -0.15) is 13.2 Å². The Morgan fingerprint density at radius 2 is 1.92 bits per heavy atom. The molecule has 1 saturated carbocycles. The molecule has 3 N–H and O–H groups in total. The molecule has 1 aliphatic carbocycles. The lowest BCUT2D eigenvalue weighted by molar-refractivity contribution is -0.205. The molecule has 0 amide bonds. The van der Waals surface area contributed by atoms with Crippen molar-refractivity contribution in [1.29, 1.82) is 0 Å². The van der Waals surface area contributed by atoms with Crippen LogP contribution in [0.25, 0.3) is 0 Å². The van der Waals surface area contributed by atoms with Crippen molar-refractivity contribution in [3.8, 4) is 0 Å². The number of halogens is 3. The topological polar surface area (TPSA) is 46.2 Å². The molecule has 0 spiro atoms. The maximum absolute atomic E-state index is 11.8. The van der Waals surface area contributed by atoms with Gasteiger partial charge in [-0.05, 0) is 25.7 Å². The van der Waals surface area contributed by atoms with Gasteiger partial charge >= 0.3 is 6.18 Å². The number of aliphatic hydroxyl groups excluding tert-OH is 1. The van der Waals surface area contributed by atoms with Crippen LogP contribution >= 0.6 is 0 Å². The second-order valence-corrected chi connectivity index (χ2v) is 3.46. The lowest BCUT2D eigenvalue weighted by Crippen LogP contribution is -2.31. The highest BCUT2D eigenvalue weighted by Crippen LogP contribution is 2.38. The Bertz CT molecular complexity index is 165. The van der Waals surface area contributed by atoms with Gasteiger partial charge in [0.05, 0.1) is 0 Å². The fraction of sp³-hybridized carbons (Fsp3) is 1.00. The summed E-state index contributed by atoms with van der Waals surface area (Å²) in [5.41, 5.74) is 5.15. The van der Waals surface area contributed by atoms with E-state index < -0.39 is 17.8 Å². The molecule has 0 heterocycles. The fourth-order valence-electron chi connectivity index (χ4n) is 0.998. The molecule has 5 heteroatoms. The van der Waals surface area contributed by atoms with Crippen LogP contribution in [-0.4, -0.2) is 22.9 Å². The molecule has 0 aromatic heterocycles. The summed E-state index contributed by atoms with van der Waals surface area (Å²) in [4.78, 5) is 0. The predicted molar refractivity (Wildman–Crippen MR) is 37.4 cm³/mol. The van der Waals surface area contributed by atoms with Crippen LogP contribution in [0.2, 0.25) is 0 Å². The Morgan fingerprint density at radius 1 is 1.42 bits per heavy atom. The monoisotopic (exact) mass is 183 g/mol.